The van der Waals surface area contributed by atoms with Crippen molar-refractivity contribution in [3.8, 4) is 22.8 Å². The summed E-state index contributed by atoms with van der Waals surface area (Å²) in [5.41, 5.74) is 0.754. The third kappa shape index (κ3) is 4.36. The number of benzene rings is 3. The fourth-order valence-corrected chi connectivity index (χ4v) is 4.38. The van der Waals surface area contributed by atoms with Crippen molar-refractivity contribution in [2.45, 2.75) is 18.4 Å². The molecule has 0 unspecified atom stereocenters. The SMILES string of the molecule is COc1c(F)cc(-c2cn(S(=O)(=O)c3ccc(C)cc3)nc2OCc2ccccc2)c(F)c1F. The van der Waals surface area contributed by atoms with Gasteiger partial charge in [0.25, 0.3) is 10.0 Å². The van der Waals surface area contributed by atoms with Crippen LogP contribution in [0.4, 0.5) is 13.2 Å². The molecule has 0 saturated heterocycles. The molecule has 0 atom stereocenters. The van der Waals surface area contributed by atoms with E-state index < -0.39 is 38.8 Å². The molecule has 0 spiro atoms. The fraction of sp³-hybridized carbons (Fsp3) is 0.125. The number of halogens is 3. The van der Waals surface area contributed by atoms with Gasteiger partial charge in [-0.2, -0.15) is 16.9 Å². The number of hydrogen-bond acceptors (Lipinski definition) is 5. The van der Waals surface area contributed by atoms with Gasteiger partial charge < -0.3 is 9.47 Å². The highest BCUT2D eigenvalue weighted by molar-refractivity contribution is 7.89. The van der Waals surface area contributed by atoms with Gasteiger partial charge in [-0.25, -0.2) is 8.78 Å². The second-order valence-corrected chi connectivity index (χ2v) is 9.18. The third-order valence-electron chi connectivity index (χ3n) is 5.05. The predicted molar refractivity (Wildman–Crippen MR) is 119 cm³/mol. The molecule has 3 aromatic carbocycles. The van der Waals surface area contributed by atoms with Crippen LogP contribution in [0.1, 0.15) is 11.1 Å². The largest absolute Gasteiger partial charge is 0.491 e. The van der Waals surface area contributed by atoms with E-state index in [1.165, 1.54) is 12.1 Å². The van der Waals surface area contributed by atoms with Crippen LogP contribution in [-0.4, -0.2) is 24.7 Å². The molecule has 0 amide bonds. The molecule has 34 heavy (non-hydrogen) atoms. The Bertz CT molecular complexity index is 1440. The van der Waals surface area contributed by atoms with Crippen LogP contribution in [0.3, 0.4) is 0 Å². The zero-order chi connectivity index (χ0) is 24.5. The van der Waals surface area contributed by atoms with Crippen molar-refractivity contribution in [3.05, 3.63) is 95.4 Å². The maximum absolute atomic E-state index is 14.9. The van der Waals surface area contributed by atoms with Crippen LogP contribution in [0.25, 0.3) is 11.1 Å². The Labute approximate surface area is 194 Å². The smallest absolute Gasteiger partial charge is 0.283 e. The van der Waals surface area contributed by atoms with E-state index in [1.807, 2.05) is 0 Å². The summed E-state index contributed by atoms with van der Waals surface area (Å²) < 4.78 is 80.7. The van der Waals surface area contributed by atoms with Crippen LogP contribution in [0.5, 0.6) is 11.6 Å². The summed E-state index contributed by atoms with van der Waals surface area (Å²) in [5.74, 6) is -5.37. The molecule has 0 aliphatic heterocycles. The second kappa shape index (κ2) is 9.22. The number of aromatic nitrogens is 2. The first-order chi connectivity index (χ1) is 16.2. The van der Waals surface area contributed by atoms with Crippen LogP contribution in [0.15, 0.2) is 71.8 Å². The number of ether oxygens (including phenoxy) is 2. The molecule has 0 saturated carbocycles. The van der Waals surface area contributed by atoms with Crippen molar-refractivity contribution in [1.82, 2.24) is 9.19 Å². The Hall–Kier alpha value is -3.79. The Balaban J connectivity index is 1.85. The van der Waals surface area contributed by atoms with Crippen molar-refractivity contribution >= 4 is 10.0 Å². The maximum atomic E-state index is 14.9. The first-order valence-corrected chi connectivity index (χ1v) is 11.5. The van der Waals surface area contributed by atoms with E-state index >= 15 is 0 Å². The summed E-state index contributed by atoms with van der Waals surface area (Å²) >= 11 is 0. The van der Waals surface area contributed by atoms with E-state index in [-0.39, 0.29) is 22.9 Å². The van der Waals surface area contributed by atoms with Crippen LogP contribution < -0.4 is 9.47 Å². The lowest BCUT2D eigenvalue weighted by molar-refractivity contribution is 0.293. The van der Waals surface area contributed by atoms with Gasteiger partial charge >= 0.3 is 0 Å². The van der Waals surface area contributed by atoms with Crippen molar-refractivity contribution in [1.29, 1.82) is 0 Å². The minimum Gasteiger partial charge on any atom is -0.491 e. The molecule has 0 fully saturated rings. The number of rotatable bonds is 7. The second-order valence-electron chi connectivity index (χ2n) is 7.38. The number of nitrogens with zero attached hydrogens (tertiary/aromatic N) is 2. The van der Waals surface area contributed by atoms with Crippen LogP contribution in [0.2, 0.25) is 0 Å². The molecule has 1 heterocycles. The van der Waals surface area contributed by atoms with Crippen molar-refractivity contribution in [2.75, 3.05) is 7.11 Å². The average Bonchev–Trinajstić information content (AvgIpc) is 3.26. The molecule has 0 radical (unpaired) electrons. The molecule has 6 nitrogen and oxygen atoms in total. The zero-order valence-corrected chi connectivity index (χ0v) is 18.9. The van der Waals surface area contributed by atoms with Gasteiger partial charge in [0.1, 0.15) is 6.61 Å². The predicted octanol–water partition coefficient (Wildman–Crippen LogP) is 5.10. The highest BCUT2D eigenvalue weighted by atomic mass is 32.2. The maximum Gasteiger partial charge on any atom is 0.283 e. The first-order valence-electron chi connectivity index (χ1n) is 10.0. The lowest BCUT2D eigenvalue weighted by atomic mass is 10.1. The zero-order valence-electron chi connectivity index (χ0n) is 18.1. The molecular weight excluding hydrogens is 469 g/mol. The summed E-state index contributed by atoms with van der Waals surface area (Å²) in [7, 11) is -3.20. The van der Waals surface area contributed by atoms with E-state index in [1.54, 1.807) is 49.4 Å². The van der Waals surface area contributed by atoms with E-state index in [9.17, 15) is 21.6 Å². The van der Waals surface area contributed by atoms with Crippen LogP contribution in [-0.2, 0) is 16.6 Å². The molecule has 10 heteroatoms. The quantitative estimate of drug-likeness (QED) is 0.339. The molecule has 4 rings (SSSR count). The minimum atomic E-state index is -4.20. The van der Waals surface area contributed by atoms with Crippen molar-refractivity contribution < 1.29 is 31.1 Å². The van der Waals surface area contributed by atoms with E-state index in [4.69, 9.17) is 4.74 Å². The average molecular weight is 488 g/mol. The number of aryl methyl sites for hydroxylation is 1. The Morgan fingerprint density at radius 1 is 0.941 bits per heavy atom. The molecule has 0 aliphatic rings. The third-order valence-corrected chi connectivity index (χ3v) is 6.60. The van der Waals surface area contributed by atoms with E-state index in [0.29, 0.717) is 10.2 Å². The summed E-state index contributed by atoms with van der Waals surface area (Å²) in [5, 5.41) is 3.98. The lowest BCUT2D eigenvalue weighted by Gasteiger charge is -2.10. The minimum absolute atomic E-state index is 0.0435. The fourth-order valence-electron chi connectivity index (χ4n) is 3.26. The summed E-state index contributed by atoms with van der Waals surface area (Å²) in [6.45, 7) is 1.76. The van der Waals surface area contributed by atoms with Gasteiger partial charge in [0, 0.05) is 5.56 Å². The first kappa shape index (κ1) is 23.4. The van der Waals surface area contributed by atoms with Crippen LogP contribution >= 0.6 is 0 Å². The number of methoxy groups -OCH3 is 1. The van der Waals surface area contributed by atoms with E-state index in [0.717, 1.165) is 24.4 Å². The summed E-state index contributed by atoms with van der Waals surface area (Å²) in [6.07, 6.45) is 0.958. The van der Waals surface area contributed by atoms with Crippen molar-refractivity contribution in [3.63, 3.8) is 0 Å². The van der Waals surface area contributed by atoms with Gasteiger partial charge in [0.05, 0.1) is 23.8 Å². The van der Waals surface area contributed by atoms with Gasteiger partial charge in [-0.05, 0) is 30.7 Å². The van der Waals surface area contributed by atoms with E-state index in [2.05, 4.69) is 9.84 Å². The van der Waals surface area contributed by atoms with Crippen molar-refractivity contribution in [2.24, 2.45) is 0 Å². The molecular formula is C24H19F3N2O4S. The van der Waals surface area contributed by atoms with Gasteiger partial charge in [-0.15, -0.1) is 5.10 Å². The summed E-state index contributed by atoms with van der Waals surface area (Å²) in [6, 6.07) is 15.6. The molecule has 0 aliphatic carbocycles. The molecule has 0 N–H and O–H groups in total. The molecule has 1 aromatic heterocycles. The Morgan fingerprint density at radius 3 is 2.26 bits per heavy atom. The lowest BCUT2D eigenvalue weighted by Crippen LogP contribution is -2.13. The number of hydrogen-bond donors (Lipinski definition) is 0. The van der Waals surface area contributed by atoms with Gasteiger partial charge in [-0.1, -0.05) is 48.0 Å². The molecule has 0 bridgehead atoms. The summed E-state index contributed by atoms with van der Waals surface area (Å²) in [4.78, 5) is -0.0747. The normalized spacial score (nSPS) is 11.4. The highest BCUT2D eigenvalue weighted by Gasteiger charge is 2.27. The van der Waals surface area contributed by atoms with Gasteiger partial charge in [0.2, 0.25) is 11.7 Å². The standard InChI is InChI=1S/C24H19F3N2O4S/c1-15-8-10-17(11-9-15)34(30,31)29-13-19(18-12-20(25)23(32-2)22(27)21(18)26)24(28-29)33-14-16-6-4-3-5-7-16/h3-13H,14H2,1-2H3. The highest BCUT2D eigenvalue weighted by Crippen LogP contribution is 2.37. The molecule has 176 valence electrons. The Kier molecular flexibility index (Phi) is 6.34. The monoisotopic (exact) mass is 488 g/mol. The molecule has 4 aromatic rings. The topological polar surface area (TPSA) is 70.4 Å². The van der Waals surface area contributed by atoms with Crippen LogP contribution in [0, 0.1) is 24.4 Å². The van der Waals surface area contributed by atoms with Gasteiger partial charge in [0.15, 0.2) is 17.4 Å². The van der Waals surface area contributed by atoms with Gasteiger partial charge in [-0.3, -0.25) is 0 Å². The Morgan fingerprint density at radius 2 is 1.62 bits per heavy atom.